The van der Waals surface area contributed by atoms with Gasteiger partial charge in [-0.25, -0.2) is 9.97 Å². The average Bonchev–Trinajstić information content (AvgIpc) is 3.58. The fraction of sp³-hybridized carbons (Fsp3) is 0.308. The van der Waals surface area contributed by atoms with Crippen LogP contribution in [0.25, 0.3) is 33.3 Å². The summed E-state index contributed by atoms with van der Waals surface area (Å²) in [6.45, 7) is 5.09. The number of H-pyrrole nitrogens is 1. The molecule has 2 saturated heterocycles. The molecule has 1 aromatic carbocycles. The van der Waals surface area contributed by atoms with Gasteiger partial charge in [-0.15, -0.1) is 0 Å². The highest BCUT2D eigenvalue weighted by atomic mass is 16.3. The topological polar surface area (TPSA) is 79.0 Å². The van der Waals surface area contributed by atoms with Crippen molar-refractivity contribution < 1.29 is 4.42 Å². The first-order chi connectivity index (χ1) is 16.8. The molecule has 34 heavy (non-hydrogen) atoms. The van der Waals surface area contributed by atoms with E-state index in [4.69, 9.17) is 4.42 Å². The van der Waals surface area contributed by atoms with Gasteiger partial charge in [0, 0.05) is 61.0 Å². The van der Waals surface area contributed by atoms with E-state index < -0.39 is 0 Å². The molecule has 2 aliphatic heterocycles. The number of hydrogen-bond acceptors (Lipinski definition) is 6. The number of nitrogens with zero attached hydrogens (tertiary/aromatic N) is 6. The number of nitrogens with one attached hydrogen (secondary N) is 1. The molecular formula is C26H26N7O. The van der Waals surface area contributed by atoms with Crippen molar-refractivity contribution in [2.24, 2.45) is 0 Å². The number of aromatic nitrogens is 5. The molecule has 0 spiro atoms. The highest BCUT2D eigenvalue weighted by molar-refractivity contribution is 5.90. The Labute approximate surface area is 197 Å². The molecule has 0 saturated carbocycles. The maximum absolute atomic E-state index is 6.02. The van der Waals surface area contributed by atoms with Gasteiger partial charge in [0.15, 0.2) is 0 Å². The molecule has 0 unspecified atom stereocenters. The third kappa shape index (κ3) is 3.50. The maximum atomic E-state index is 6.02. The van der Waals surface area contributed by atoms with Crippen LogP contribution >= 0.6 is 0 Å². The van der Waals surface area contributed by atoms with Crippen LogP contribution in [0.4, 0.5) is 0 Å². The van der Waals surface area contributed by atoms with Crippen molar-refractivity contribution in [1.82, 2.24) is 34.5 Å². The molecule has 2 fully saturated rings. The van der Waals surface area contributed by atoms with Gasteiger partial charge in [0.2, 0.25) is 0 Å². The third-order valence-corrected chi connectivity index (χ3v) is 7.23. The van der Waals surface area contributed by atoms with Gasteiger partial charge in [0.25, 0.3) is 0 Å². The smallest absolute Gasteiger partial charge is 0.141 e. The van der Waals surface area contributed by atoms with Crippen molar-refractivity contribution in [3.05, 3.63) is 73.1 Å². The van der Waals surface area contributed by atoms with Gasteiger partial charge in [0.05, 0.1) is 18.4 Å². The number of furan rings is 1. The minimum Gasteiger partial charge on any atom is -0.460 e. The summed E-state index contributed by atoms with van der Waals surface area (Å²) in [6.07, 6.45) is 9.89. The van der Waals surface area contributed by atoms with Crippen molar-refractivity contribution in [2.45, 2.75) is 25.4 Å². The molecule has 5 aromatic rings. The summed E-state index contributed by atoms with van der Waals surface area (Å²) in [5.74, 6) is 1.06. The SMILES string of the molecule is c1ccc2oc(CN3CCC(N4C[C](n5cc(-c6ncnc7[nH]ccc67)cn5)C4)CC3)cc2c1. The van der Waals surface area contributed by atoms with E-state index in [2.05, 4.69) is 54.2 Å². The number of rotatable bonds is 5. The molecule has 1 radical (unpaired) electrons. The lowest BCUT2D eigenvalue weighted by atomic mass is 9.97. The van der Waals surface area contributed by atoms with E-state index in [0.717, 1.165) is 66.4 Å². The van der Waals surface area contributed by atoms with Gasteiger partial charge in [-0.1, -0.05) is 18.2 Å². The lowest BCUT2D eigenvalue weighted by Crippen LogP contribution is -2.56. The summed E-state index contributed by atoms with van der Waals surface area (Å²) < 4.78 is 8.05. The quantitative estimate of drug-likeness (QED) is 0.435. The minimum atomic E-state index is 0.645. The van der Waals surface area contributed by atoms with Crippen LogP contribution < -0.4 is 0 Å². The zero-order chi connectivity index (χ0) is 22.5. The molecule has 8 heteroatoms. The number of fused-ring (bicyclic) bond motifs is 2. The van der Waals surface area contributed by atoms with Crippen molar-refractivity contribution in [1.29, 1.82) is 0 Å². The summed E-state index contributed by atoms with van der Waals surface area (Å²) >= 11 is 0. The summed E-state index contributed by atoms with van der Waals surface area (Å²) in [5.41, 5.74) is 3.78. The summed E-state index contributed by atoms with van der Waals surface area (Å²) in [4.78, 5) is 17.0. The number of benzene rings is 1. The molecule has 8 nitrogen and oxygen atoms in total. The van der Waals surface area contributed by atoms with Crippen LogP contribution in [-0.2, 0) is 6.54 Å². The highest BCUT2D eigenvalue weighted by Crippen LogP contribution is 2.30. The second kappa shape index (κ2) is 8.07. The lowest BCUT2D eigenvalue weighted by Gasteiger charge is -2.46. The van der Waals surface area contributed by atoms with E-state index in [1.54, 1.807) is 6.33 Å². The fourth-order valence-corrected chi connectivity index (χ4v) is 5.32. The maximum Gasteiger partial charge on any atom is 0.141 e. The average molecular weight is 453 g/mol. The van der Waals surface area contributed by atoms with Gasteiger partial charge in [-0.05, 0) is 31.0 Å². The Morgan fingerprint density at radius 1 is 1.06 bits per heavy atom. The van der Waals surface area contributed by atoms with Crippen molar-refractivity contribution >= 4 is 22.0 Å². The van der Waals surface area contributed by atoms with Gasteiger partial charge < -0.3 is 9.40 Å². The molecule has 4 aromatic heterocycles. The van der Waals surface area contributed by atoms with Crippen LogP contribution in [-0.4, -0.2) is 66.8 Å². The molecular weight excluding hydrogens is 426 g/mol. The zero-order valence-corrected chi connectivity index (χ0v) is 18.9. The first-order valence-corrected chi connectivity index (χ1v) is 11.9. The predicted octanol–water partition coefficient (Wildman–Crippen LogP) is 3.93. The second-order valence-electron chi connectivity index (χ2n) is 9.36. The largest absolute Gasteiger partial charge is 0.460 e. The van der Waals surface area contributed by atoms with E-state index in [1.165, 1.54) is 24.3 Å². The Balaban J connectivity index is 0.942. The van der Waals surface area contributed by atoms with Crippen LogP contribution in [0.5, 0.6) is 0 Å². The Bertz CT molecular complexity index is 1400. The summed E-state index contributed by atoms with van der Waals surface area (Å²) in [6, 6.07) is 14.4. The second-order valence-corrected chi connectivity index (χ2v) is 9.36. The standard InChI is InChI=1S/C26H26N7O/c1-2-4-24-18(3-1)11-22(34-24)16-31-9-6-20(7-10-31)32-14-21(15-32)33-13-19(12-30-33)25-23-5-8-27-26(23)29-17-28-25/h1-5,8,11-13,17,20H,6-7,9-10,14-16H2,(H,27,28,29). The molecule has 1 N–H and O–H groups in total. The van der Waals surface area contributed by atoms with E-state index >= 15 is 0 Å². The fourth-order valence-electron chi connectivity index (χ4n) is 5.32. The molecule has 0 atom stereocenters. The van der Waals surface area contributed by atoms with Crippen molar-refractivity contribution in [3.8, 4) is 11.3 Å². The number of para-hydroxylation sites is 1. The Hall–Kier alpha value is -3.49. The first-order valence-electron chi connectivity index (χ1n) is 11.9. The van der Waals surface area contributed by atoms with Crippen molar-refractivity contribution in [2.75, 3.05) is 26.2 Å². The Kier molecular flexibility index (Phi) is 4.73. The Morgan fingerprint density at radius 2 is 1.94 bits per heavy atom. The van der Waals surface area contributed by atoms with Gasteiger partial charge in [-0.3, -0.25) is 14.5 Å². The van der Waals surface area contributed by atoms with Crippen LogP contribution in [0.15, 0.2) is 65.7 Å². The van der Waals surface area contributed by atoms with E-state index in [1.807, 2.05) is 35.3 Å². The zero-order valence-electron chi connectivity index (χ0n) is 18.9. The van der Waals surface area contributed by atoms with Gasteiger partial charge in [-0.2, -0.15) is 5.10 Å². The first kappa shape index (κ1) is 19.9. The third-order valence-electron chi connectivity index (χ3n) is 7.23. The van der Waals surface area contributed by atoms with Crippen LogP contribution in [0.2, 0.25) is 0 Å². The number of likely N-dealkylation sites (tertiary alicyclic amines) is 2. The number of aromatic amines is 1. The number of piperidine rings is 1. The van der Waals surface area contributed by atoms with Crippen molar-refractivity contribution in [3.63, 3.8) is 0 Å². The molecule has 6 heterocycles. The molecule has 0 aliphatic carbocycles. The minimum absolute atomic E-state index is 0.645. The van der Waals surface area contributed by atoms with E-state index in [0.29, 0.717) is 6.04 Å². The lowest BCUT2D eigenvalue weighted by molar-refractivity contribution is 0.0649. The molecule has 171 valence electrons. The van der Waals surface area contributed by atoms with Gasteiger partial charge >= 0.3 is 0 Å². The van der Waals surface area contributed by atoms with Gasteiger partial charge in [0.1, 0.15) is 29.4 Å². The highest BCUT2D eigenvalue weighted by Gasteiger charge is 2.36. The monoisotopic (exact) mass is 452 g/mol. The van der Waals surface area contributed by atoms with E-state index in [-0.39, 0.29) is 0 Å². The molecule has 2 aliphatic rings. The van der Waals surface area contributed by atoms with Crippen LogP contribution in [0.1, 0.15) is 18.6 Å². The molecule has 0 bridgehead atoms. The summed E-state index contributed by atoms with van der Waals surface area (Å²) in [5, 5.41) is 6.84. The number of hydrogen-bond donors (Lipinski definition) is 1. The Morgan fingerprint density at radius 3 is 2.82 bits per heavy atom. The van der Waals surface area contributed by atoms with Crippen LogP contribution in [0, 0.1) is 6.04 Å². The van der Waals surface area contributed by atoms with Crippen LogP contribution in [0.3, 0.4) is 0 Å². The normalized spacial score (nSPS) is 18.7. The summed E-state index contributed by atoms with van der Waals surface area (Å²) in [7, 11) is 0. The van der Waals surface area contributed by atoms with E-state index in [9.17, 15) is 0 Å². The molecule has 0 amide bonds. The molecule has 7 rings (SSSR count). The predicted molar refractivity (Wildman–Crippen MR) is 130 cm³/mol.